The van der Waals surface area contributed by atoms with E-state index in [1.807, 2.05) is 31.2 Å². The van der Waals surface area contributed by atoms with Crippen molar-refractivity contribution in [3.05, 3.63) is 53.6 Å². The first-order chi connectivity index (χ1) is 11.6. The van der Waals surface area contributed by atoms with E-state index < -0.39 is 6.04 Å². The Kier molecular flexibility index (Phi) is 4.12. The van der Waals surface area contributed by atoms with E-state index in [0.29, 0.717) is 23.4 Å². The van der Waals surface area contributed by atoms with Crippen molar-refractivity contribution in [2.75, 3.05) is 23.9 Å². The van der Waals surface area contributed by atoms with Crippen LogP contribution in [0.25, 0.3) is 0 Å². The highest BCUT2D eigenvalue weighted by atomic mass is 16.5. The van der Waals surface area contributed by atoms with Crippen LogP contribution in [0.4, 0.5) is 11.4 Å². The lowest BCUT2D eigenvalue weighted by Gasteiger charge is -2.35. The molecule has 0 aromatic heterocycles. The van der Waals surface area contributed by atoms with E-state index in [-0.39, 0.29) is 11.7 Å². The number of nitrogen functional groups attached to an aromatic ring is 1. The number of hydrogen-bond acceptors (Lipinski definition) is 4. The van der Waals surface area contributed by atoms with Gasteiger partial charge in [0.15, 0.2) is 0 Å². The molecule has 0 saturated heterocycles. The van der Waals surface area contributed by atoms with Gasteiger partial charge in [0, 0.05) is 17.7 Å². The van der Waals surface area contributed by atoms with E-state index in [9.17, 15) is 4.79 Å². The van der Waals surface area contributed by atoms with Crippen molar-refractivity contribution in [2.24, 2.45) is 5.73 Å². The molecule has 0 spiro atoms. The Labute approximate surface area is 140 Å². The predicted octanol–water partition coefficient (Wildman–Crippen LogP) is 2.50. The van der Waals surface area contributed by atoms with Gasteiger partial charge in [-0.1, -0.05) is 12.1 Å². The molecule has 0 bridgehead atoms. The van der Waals surface area contributed by atoms with Gasteiger partial charge >= 0.3 is 0 Å². The highest BCUT2D eigenvalue weighted by molar-refractivity contribution is 6.06. The number of rotatable bonds is 4. The Bertz CT molecular complexity index is 803. The number of likely N-dealkylation sites (N-methyl/N-ethyl adjacent to an activating group) is 1. The highest BCUT2D eigenvalue weighted by Gasteiger charge is 2.34. The number of ether oxygens (including phenoxy) is 1. The molecule has 1 unspecified atom stereocenters. The van der Waals surface area contributed by atoms with Crippen molar-refractivity contribution >= 4 is 23.1 Å². The quantitative estimate of drug-likeness (QED) is 0.595. The van der Waals surface area contributed by atoms with E-state index in [1.54, 1.807) is 30.2 Å². The summed E-state index contributed by atoms with van der Waals surface area (Å²) in [7, 11) is 1.56. The lowest BCUT2D eigenvalue weighted by molar-refractivity contribution is -0.119. The van der Waals surface area contributed by atoms with Gasteiger partial charge in [-0.05, 0) is 37.3 Å². The number of hydrogen-bond donors (Lipinski definition) is 3. The molecule has 1 heterocycles. The highest BCUT2D eigenvalue weighted by Crippen LogP contribution is 2.39. The molecule has 1 atom stereocenters. The van der Waals surface area contributed by atoms with Crippen LogP contribution in [-0.4, -0.2) is 25.4 Å². The van der Waals surface area contributed by atoms with Gasteiger partial charge in [0.05, 0.1) is 18.5 Å². The number of fused-ring (bicyclic) bond motifs is 1. The lowest BCUT2D eigenvalue weighted by Crippen LogP contribution is -2.42. The fraction of sp³-hybridized carbons (Fsp3) is 0.222. The van der Waals surface area contributed by atoms with Gasteiger partial charge in [-0.3, -0.25) is 10.2 Å². The fourth-order valence-corrected chi connectivity index (χ4v) is 2.99. The van der Waals surface area contributed by atoms with Crippen LogP contribution in [0.5, 0.6) is 5.75 Å². The summed E-state index contributed by atoms with van der Waals surface area (Å²) in [6.07, 6.45) is 0. The van der Waals surface area contributed by atoms with Crippen molar-refractivity contribution in [1.82, 2.24) is 0 Å². The summed E-state index contributed by atoms with van der Waals surface area (Å²) >= 11 is 0. The Balaban J connectivity index is 2.11. The molecule has 1 aliphatic heterocycles. The molecule has 1 amide bonds. The number of nitrogens with zero attached hydrogens (tertiary/aromatic N) is 1. The first-order valence-electron chi connectivity index (χ1n) is 7.76. The zero-order valence-corrected chi connectivity index (χ0v) is 13.7. The molecule has 4 N–H and O–H groups in total. The van der Waals surface area contributed by atoms with Crippen molar-refractivity contribution in [1.29, 1.82) is 5.41 Å². The summed E-state index contributed by atoms with van der Waals surface area (Å²) in [6, 6.07) is 12.3. The minimum atomic E-state index is -0.589. The topological polar surface area (TPSA) is 91.4 Å². The third-order valence-electron chi connectivity index (χ3n) is 4.18. The van der Waals surface area contributed by atoms with E-state index in [1.165, 1.54) is 0 Å². The van der Waals surface area contributed by atoms with E-state index in [4.69, 9.17) is 15.9 Å². The van der Waals surface area contributed by atoms with Gasteiger partial charge in [0.1, 0.15) is 17.6 Å². The third-order valence-corrected chi connectivity index (χ3v) is 4.18. The second kappa shape index (κ2) is 6.23. The zero-order chi connectivity index (χ0) is 17.3. The van der Waals surface area contributed by atoms with Crippen LogP contribution in [-0.2, 0) is 4.79 Å². The number of methoxy groups -OCH3 is 1. The minimum absolute atomic E-state index is 0.0464. The Hall–Kier alpha value is -3.02. The number of nitrogens with two attached hydrogens (primary N) is 1. The largest absolute Gasteiger partial charge is 0.496 e. The molecule has 2 aromatic rings. The Morgan fingerprint density at radius 1 is 1.33 bits per heavy atom. The van der Waals surface area contributed by atoms with Crippen LogP contribution in [0.3, 0.4) is 0 Å². The van der Waals surface area contributed by atoms with Gasteiger partial charge in [-0.2, -0.15) is 0 Å². The maximum Gasteiger partial charge on any atom is 0.254 e. The number of nitrogens with one attached hydrogen (secondary N) is 2. The number of carbonyl (C=O) groups is 1. The minimum Gasteiger partial charge on any atom is -0.496 e. The average molecular weight is 324 g/mol. The van der Waals surface area contributed by atoms with Crippen molar-refractivity contribution in [3.8, 4) is 5.75 Å². The predicted molar refractivity (Wildman–Crippen MR) is 94.8 cm³/mol. The SMILES string of the molecule is CCN1C(=O)C(c2cc(C(=N)N)ccc2OC)Nc2ccccc21. The summed E-state index contributed by atoms with van der Waals surface area (Å²) in [5, 5.41) is 10.9. The molecule has 6 nitrogen and oxygen atoms in total. The molecule has 24 heavy (non-hydrogen) atoms. The number of benzene rings is 2. The smallest absolute Gasteiger partial charge is 0.254 e. The number of para-hydroxylation sites is 2. The van der Waals surface area contributed by atoms with E-state index in [2.05, 4.69) is 5.32 Å². The molecule has 0 aliphatic carbocycles. The molecular formula is C18H20N4O2. The first kappa shape index (κ1) is 15.9. The Morgan fingerprint density at radius 2 is 2.08 bits per heavy atom. The van der Waals surface area contributed by atoms with Crippen LogP contribution in [0.15, 0.2) is 42.5 Å². The van der Waals surface area contributed by atoms with Gasteiger partial charge in [0.25, 0.3) is 5.91 Å². The number of amides is 1. The average Bonchev–Trinajstić information content (AvgIpc) is 2.60. The maximum absolute atomic E-state index is 13.0. The number of amidine groups is 1. The van der Waals surface area contributed by atoms with Crippen LogP contribution >= 0.6 is 0 Å². The molecule has 124 valence electrons. The first-order valence-corrected chi connectivity index (χ1v) is 7.76. The fourth-order valence-electron chi connectivity index (χ4n) is 2.99. The van der Waals surface area contributed by atoms with Crippen molar-refractivity contribution in [3.63, 3.8) is 0 Å². The van der Waals surface area contributed by atoms with Gasteiger partial charge in [-0.25, -0.2) is 0 Å². The van der Waals surface area contributed by atoms with Gasteiger partial charge in [0.2, 0.25) is 0 Å². The molecule has 0 saturated carbocycles. The normalized spacial score (nSPS) is 16.3. The molecule has 3 rings (SSSR count). The number of anilines is 2. The molecular weight excluding hydrogens is 304 g/mol. The monoisotopic (exact) mass is 324 g/mol. The zero-order valence-electron chi connectivity index (χ0n) is 13.7. The molecule has 1 aliphatic rings. The second-order valence-corrected chi connectivity index (χ2v) is 5.55. The molecule has 0 radical (unpaired) electrons. The Morgan fingerprint density at radius 3 is 2.75 bits per heavy atom. The van der Waals surface area contributed by atoms with Crippen LogP contribution in [0.2, 0.25) is 0 Å². The molecule has 0 fully saturated rings. The van der Waals surface area contributed by atoms with E-state index in [0.717, 1.165) is 11.4 Å². The van der Waals surface area contributed by atoms with Crippen LogP contribution in [0.1, 0.15) is 24.1 Å². The summed E-state index contributed by atoms with van der Waals surface area (Å²) in [4.78, 5) is 14.7. The number of carbonyl (C=O) groups excluding carboxylic acids is 1. The molecule has 2 aromatic carbocycles. The summed E-state index contributed by atoms with van der Waals surface area (Å²) in [6.45, 7) is 2.52. The third kappa shape index (κ3) is 2.56. The van der Waals surface area contributed by atoms with Crippen LogP contribution < -0.4 is 20.7 Å². The standard InChI is InChI=1S/C18H20N4O2/c1-3-22-14-7-5-4-6-13(14)21-16(18(22)23)12-10-11(17(19)20)8-9-15(12)24-2/h4-10,16,21H,3H2,1-2H3,(H3,19,20). The van der Waals surface area contributed by atoms with Crippen molar-refractivity contribution < 1.29 is 9.53 Å². The van der Waals surface area contributed by atoms with Gasteiger partial charge < -0.3 is 20.7 Å². The summed E-state index contributed by atoms with van der Waals surface area (Å²) in [5.41, 5.74) is 8.57. The van der Waals surface area contributed by atoms with Crippen LogP contribution in [0, 0.1) is 5.41 Å². The lowest BCUT2D eigenvalue weighted by atomic mass is 9.98. The van der Waals surface area contributed by atoms with Crippen molar-refractivity contribution in [2.45, 2.75) is 13.0 Å². The molecule has 6 heteroatoms. The summed E-state index contributed by atoms with van der Waals surface area (Å²) < 4.78 is 5.42. The maximum atomic E-state index is 13.0. The summed E-state index contributed by atoms with van der Waals surface area (Å²) in [5.74, 6) is 0.478. The van der Waals surface area contributed by atoms with E-state index >= 15 is 0 Å². The van der Waals surface area contributed by atoms with Gasteiger partial charge in [-0.15, -0.1) is 0 Å². The second-order valence-electron chi connectivity index (χ2n) is 5.55.